The maximum absolute atomic E-state index is 13.6. The standard InChI is InChI=1S/C30H33FN8O2S/c1-5-28(40)34-23-18-24(26(41-3)19-25(23)38-14-6-13-37(2)15-16-38)33-27-17-22(11-12-32-27)39-29(35-36-30(39)42-4)20-7-9-21(31)10-8-20/h5,7-12,17-19H,1,6,13-16H2,2-4H3,(H,32,33)(H,34,40). The Labute approximate surface area is 248 Å². The number of hydrogen-bond donors (Lipinski definition) is 2. The molecule has 5 rings (SSSR count). The summed E-state index contributed by atoms with van der Waals surface area (Å²) in [5.41, 5.74) is 3.65. The van der Waals surface area contributed by atoms with Crippen LogP contribution in [0.15, 0.2) is 72.5 Å². The second-order valence-electron chi connectivity index (χ2n) is 9.78. The van der Waals surface area contributed by atoms with Gasteiger partial charge in [0, 0.05) is 43.5 Å². The molecule has 0 aliphatic carbocycles. The minimum atomic E-state index is -0.322. The molecule has 3 heterocycles. The van der Waals surface area contributed by atoms with E-state index < -0.39 is 0 Å². The van der Waals surface area contributed by atoms with E-state index in [4.69, 9.17) is 4.74 Å². The van der Waals surface area contributed by atoms with E-state index in [2.05, 4.69) is 49.2 Å². The molecular weight excluding hydrogens is 555 g/mol. The summed E-state index contributed by atoms with van der Waals surface area (Å²) >= 11 is 1.45. The van der Waals surface area contributed by atoms with Crippen LogP contribution in [0.4, 0.5) is 27.3 Å². The van der Waals surface area contributed by atoms with Crippen molar-refractivity contribution in [3.05, 3.63) is 73.2 Å². The highest BCUT2D eigenvalue weighted by atomic mass is 32.2. The van der Waals surface area contributed by atoms with E-state index in [9.17, 15) is 9.18 Å². The summed E-state index contributed by atoms with van der Waals surface area (Å²) in [6, 6.07) is 13.7. The lowest BCUT2D eigenvalue weighted by Crippen LogP contribution is -2.29. The van der Waals surface area contributed by atoms with Gasteiger partial charge in [-0.25, -0.2) is 9.37 Å². The molecule has 42 heavy (non-hydrogen) atoms. The van der Waals surface area contributed by atoms with Crippen molar-refractivity contribution in [2.24, 2.45) is 0 Å². The Hall–Kier alpha value is -4.42. The lowest BCUT2D eigenvalue weighted by atomic mass is 10.1. The Balaban J connectivity index is 1.52. The van der Waals surface area contributed by atoms with Crippen LogP contribution in [0.5, 0.6) is 5.75 Å². The Morgan fingerprint density at radius 2 is 1.88 bits per heavy atom. The number of carbonyl (C=O) groups is 1. The van der Waals surface area contributed by atoms with E-state index in [1.165, 1.54) is 30.0 Å². The van der Waals surface area contributed by atoms with E-state index in [0.29, 0.717) is 33.9 Å². The Morgan fingerprint density at radius 1 is 1.07 bits per heavy atom. The fourth-order valence-corrected chi connectivity index (χ4v) is 5.35. The number of methoxy groups -OCH3 is 1. The molecule has 12 heteroatoms. The molecule has 218 valence electrons. The van der Waals surface area contributed by atoms with Gasteiger partial charge in [-0.1, -0.05) is 18.3 Å². The van der Waals surface area contributed by atoms with Crippen molar-refractivity contribution in [1.29, 1.82) is 0 Å². The number of aromatic nitrogens is 4. The SMILES string of the molecule is C=CC(=O)Nc1cc(Nc2cc(-n3c(SC)nnc3-c3ccc(F)cc3)ccn2)c(OC)cc1N1CCCN(C)CC1. The quantitative estimate of drug-likeness (QED) is 0.202. The first kappa shape index (κ1) is 29.1. The number of nitrogens with one attached hydrogen (secondary N) is 2. The lowest BCUT2D eigenvalue weighted by Gasteiger charge is -2.27. The van der Waals surface area contributed by atoms with Gasteiger partial charge in [-0.3, -0.25) is 9.36 Å². The van der Waals surface area contributed by atoms with Crippen molar-refractivity contribution in [3.8, 4) is 22.8 Å². The average Bonchev–Trinajstić information content (AvgIpc) is 3.32. The number of ether oxygens (including phenoxy) is 1. The van der Waals surface area contributed by atoms with Crippen LogP contribution in [0.2, 0.25) is 0 Å². The molecule has 0 radical (unpaired) electrons. The van der Waals surface area contributed by atoms with E-state index in [-0.39, 0.29) is 11.7 Å². The van der Waals surface area contributed by atoms with Crippen LogP contribution in [-0.2, 0) is 4.79 Å². The largest absolute Gasteiger partial charge is 0.494 e. The van der Waals surface area contributed by atoms with Gasteiger partial charge < -0.3 is 25.2 Å². The fraction of sp³-hybridized carbons (Fsp3) is 0.267. The molecule has 0 spiro atoms. The minimum absolute atomic E-state index is 0.301. The van der Waals surface area contributed by atoms with Gasteiger partial charge in [0.05, 0.1) is 29.9 Å². The molecule has 0 unspecified atom stereocenters. The number of thioether (sulfide) groups is 1. The first-order valence-electron chi connectivity index (χ1n) is 13.5. The summed E-state index contributed by atoms with van der Waals surface area (Å²) in [5.74, 6) is 1.10. The summed E-state index contributed by atoms with van der Waals surface area (Å²) in [5, 5.41) is 15.7. The molecule has 4 aromatic rings. The minimum Gasteiger partial charge on any atom is -0.494 e. The molecule has 1 saturated heterocycles. The van der Waals surface area contributed by atoms with Crippen LogP contribution in [0.1, 0.15) is 6.42 Å². The number of halogens is 1. The summed E-state index contributed by atoms with van der Waals surface area (Å²) in [7, 11) is 3.73. The maximum Gasteiger partial charge on any atom is 0.247 e. The molecular formula is C30H33FN8O2S. The van der Waals surface area contributed by atoms with Gasteiger partial charge in [-0.15, -0.1) is 10.2 Å². The zero-order valence-electron chi connectivity index (χ0n) is 23.8. The fourth-order valence-electron chi connectivity index (χ4n) is 4.85. The maximum atomic E-state index is 13.6. The van der Waals surface area contributed by atoms with E-state index in [1.807, 2.05) is 35.1 Å². The smallest absolute Gasteiger partial charge is 0.247 e. The third kappa shape index (κ3) is 6.39. The van der Waals surface area contributed by atoms with E-state index in [0.717, 1.165) is 49.5 Å². The molecule has 0 atom stereocenters. The zero-order chi connectivity index (χ0) is 29.6. The third-order valence-corrected chi connectivity index (χ3v) is 7.63. The van der Waals surface area contributed by atoms with E-state index >= 15 is 0 Å². The number of benzene rings is 2. The van der Waals surface area contributed by atoms with Crippen molar-refractivity contribution in [2.45, 2.75) is 11.6 Å². The summed E-state index contributed by atoms with van der Waals surface area (Å²) in [4.78, 5) is 21.5. The van der Waals surface area contributed by atoms with Crippen LogP contribution in [0.3, 0.4) is 0 Å². The monoisotopic (exact) mass is 588 g/mol. The van der Waals surface area contributed by atoms with Gasteiger partial charge in [0.2, 0.25) is 5.91 Å². The molecule has 2 aromatic heterocycles. The number of pyridine rings is 1. The van der Waals surface area contributed by atoms with Gasteiger partial charge in [-0.05, 0) is 68.7 Å². The molecule has 1 aliphatic rings. The average molecular weight is 589 g/mol. The highest BCUT2D eigenvalue weighted by Crippen LogP contribution is 2.39. The van der Waals surface area contributed by atoms with Crippen LogP contribution in [0, 0.1) is 5.82 Å². The van der Waals surface area contributed by atoms with E-state index in [1.54, 1.807) is 25.4 Å². The summed E-state index contributed by atoms with van der Waals surface area (Å²) < 4.78 is 21.3. The topological polar surface area (TPSA) is 100 Å². The Morgan fingerprint density at radius 3 is 2.62 bits per heavy atom. The van der Waals surface area contributed by atoms with Gasteiger partial charge in [-0.2, -0.15) is 0 Å². The third-order valence-electron chi connectivity index (χ3n) is 7.00. The van der Waals surface area contributed by atoms with Crippen molar-refractivity contribution >= 4 is 40.5 Å². The first-order valence-corrected chi connectivity index (χ1v) is 14.7. The molecule has 10 nitrogen and oxygen atoms in total. The van der Waals surface area contributed by atoms with Crippen molar-refractivity contribution in [2.75, 3.05) is 62.1 Å². The number of anilines is 4. The van der Waals surface area contributed by atoms with Crippen molar-refractivity contribution in [1.82, 2.24) is 24.6 Å². The first-order chi connectivity index (χ1) is 20.4. The van der Waals surface area contributed by atoms with Gasteiger partial charge in [0.1, 0.15) is 17.4 Å². The molecule has 0 saturated carbocycles. The summed E-state index contributed by atoms with van der Waals surface area (Å²) in [6.07, 6.45) is 5.86. The van der Waals surface area contributed by atoms with Crippen LogP contribution in [0.25, 0.3) is 17.1 Å². The molecule has 1 aliphatic heterocycles. The number of rotatable bonds is 9. The van der Waals surface area contributed by atoms with Crippen molar-refractivity contribution in [3.63, 3.8) is 0 Å². The number of amides is 1. The number of carbonyl (C=O) groups excluding carboxylic acids is 1. The van der Waals surface area contributed by atoms with Crippen molar-refractivity contribution < 1.29 is 13.9 Å². The molecule has 1 fully saturated rings. The highest BCUT2D eigenvalue weighted by Gasteiger charge is 2.21. The predicted octanol–water partition coefficient (Wildman–Crippen LogP) is 5.21. The van der Waals surface area contributed by atoms with Crippen LogP contribution in [-0.4, -0.2) is 77.1 Å². The predicted molar refractivity (Wildman–Crippen MR) is 166 cm³/mol. The normalized spacial score (nSPS) is 13.9. The molecule has 0 bridgehead atoms. The summed E-state index contributed by atoms with van der Waals surface area (Å²) in [6.45, 7) is 7.21. The van der Waals surface area contributed by atoms with Gasteiger partial charge >= 0.3 is 0 Å². The number of nitrogens with zero attached hydrogens (tertiary/aromatic N) is 6. The Kier molecular flexibility index (Phi) is 9.03. The molecule has 2 N–H and O–H groups in total. The lowest BCUT2D eigenvalue weighted by molar-refractivity contribution is -0.111. The molecule has 2 aromatic carbocycles. The highest BCUT2D eigenvalue weighted by molar-refractivity contribution is 7.98. The van der Waals surface area contributed by atoms with Gasteiger partial charge in [0.25, 0.3) is 0 Å². The van der Waals surface area contributed by atoms with Gasteiger partial charge in [0.15, 0.2) is 11.0 Å². The second kappa shape index (κ2) is 13.0. The van der Waals surface area contributed by atoms with Crippen LogP contribution < -0.4 is 20.3 Å². The zero-order valence-corrected chi connectivity index (χ0v) is 24.6. The second-order valence-corrected chi connectivity index (χ2v) is 10.6. The number of hydrogen-bond acceptors (Lipinski definition) is 9. The molecule has 1 amide bonds. The Bertz CT molecular complexity index is 1580. The number of likely N-dealkylation sites (N-methyl/N-ethyl adjacent to an activating group) is 1. The van der Waals surface area contributed by atoms with Crippen LogP contribution >= 0.6 is 11.8 Å².